The average Bonchev–Trinajstić information content (AvgIpc) is 3.11. The van der Waals surface area contributed by atoms with Crippen LogP contribution in [0.3, 0.4) is 0 Å². The Kier molecular flexibility index (Phi) is 3.57. The minimum absolute atomic E-state index is 0.0620. The Morgan fingerprint density at radius 1 is 1.35 bits per heavy atom. The molecule has 0 radical (unpaired) electrons. The second-order valence-electron chi connectivity index (χ2n) is 5.37. The first-order chi connectivity index (χ1) is 9.66. The summed E-state index contributed by atoms with van der Waals surface area (Å²) in [5.41, 5.74) is 6.12. The molecule has 1 saturated heterocycles. The van der Waals surface area contributed by atoms with E-state index in [1.165, 1.54) is 28.0 Å². The Labute approximate surface area is 123 Å². The molecule has 4 heteroatoms. The molecule has 3 rings (SSSR count). The molecule has 0 bridgehead atoms. The van der Waals surface area contributed by atoms with Crippen molar-refractivity contribution in [1.82, 2.24) is 9.88 Å². The largest absolute Gasteiger partial charge is 0.330 e. The van der Waals surface area contributed by atoms with Gasteiger partial charge in [-0.15, -0.1) is 11.3 Å². The lowest BCUT2D eigenvalue weighted by atomic mass is 9.99. The van der Waals surface area contributed by atoms with Crippen molar-refractivity contribution in [2.75, 3.05) is 6.54 Å². The maximum atomic E-state index is 12.5. The van der Waals surface area contributed by atoms with E-state index in [0.29, 0.717) is 5.69 Å². The fraction of sp³-hybridized carbons (Fsp3) is 0.375. The first-order valence-corrected chi connectivity index (χ1v) is 7.87. The predicted molar refractivity (Wildman–Crippen MR) is 81.0 cm³/mol. The molecular formula is C16H18N2OS. The van der Waals surface area contributed by atoms with Gasteiger partial charge in [-0.25, -0.2) is 4.98 Å². The number of hydrogen-bond donors (Lipinski definition) is 0. The lowest BCUT2D eigenvalue weighted by molar-refractivity contribution is 0.0730. The highest BCUT2D eigenvalue weighted by molar-refractivity contribution is 7.07. The van der Waals surface area contributed by atoms with Crippen molar-refractivity contribution in [2.24, 2.45) is 0 Å². The quantitative estimate of drug-likeness (QED) is 0.842. The van der Waals surface area contributed by atoms with Gasteiger partial charge in [0, 0.05) is 11.9 Å². The summed E-state index contributed by atoms with van der Waals surface area (Å²) >= 11 is 1.47. The van der Waals surface area contributed by atoms with Gasteiger partial charge in [-0.2, -0.15) is 0 Å². The molecule has 1 aromatic heterocycles. The molecule has 1 fully saturated rings. The standard InChI is InChI=1S/C16H18N2OS/c1-11-5-6-13(8-12(11)2)15-4-3-7-18(15)16(19)14-9-20-10-17-14/h5-6,8-10,15H,3-4,7H2,1-2H3. The van der Waals surface area contributed by atoms with Crippen molar-refractivity contribution < 1.29 is 4.79 Å². The molecule has 3 nitrogen and oxygen atoms in total. The first kappa shape index (κ1) is 13.3. The van der Waals surface area contributed by atoms with Gasteiger partial charge in [0.15, 0.2) is 0 Å². The van der Waals surface area contributed by atoms with Crippen LogP contribution in [0.1, 0.15) is 46.1 Å². The molecule has 1 aromatic carbocycles. The molecule has 20 heavy (non-hydrogen) atoms. The van der Waals surface area contributed by atoms with Crippen molar-refractivity contribution in [3.63, 3.8) is 0 Å². The molecule has 0 N–H and O–H groups in total. The minimum atomic E-state index is 0.0620. The van der Waals surface area contributed by atoms with Crippen LogP contribution in [-0.2, 0) is 0 Å². The number of rotatable bonds is 2. The number of hydrogen-bond acceptors (Lipinski definition) is 3. The van der Waals surface area contributed by atoms with Crippen LogP contribution in [0.25, 0.3) is 0 Å². The van der Waals surface area contributed by atoms with E-state index in [-0.39, 0.29) is 11.9 Å². The third-order valence-corrected chi connectivity index (χ3v) is 4.67. The molecule has 104 valence electrons. The zero-order valence-electron chi connectivity index (χ0n) is 11.8. The summed E-state index contributed by atoms with van der Waals surface area (Å²) in [5, 5.41) is 1.83. The van der Waals surface area contributed by atoms with Gasteiger partial charge in [-0.3, -0.25) is 4.79 Å². The molecule has 2 heterocycles. The van der Waals surface area contributed by atoms with Gasteiger partial charge < -0.3 is 4.90 Å². The van der Waals surface area contributed by atoms with Crippen LogP contribution < -0.4 is 0 Å². The van der Waals surface area contributed by atoms with Gasteiger partial charge in [-0.1, -0.05) is 18.2 Å². The fourth-order valence-corrected chi connectivity index (χ4v) is 3.32. The summed E-state index contributed by atoms with van der Waals surface area (Å²) in [6.45, 7) is 5.07. The highest BCUT2D eigenvalue weighted by atomic mass is 32.1. The minimum Gasteiger partial charge on any atom is -0.330 e. The Morgan fingerprint density at radius 2 is 2.20 bits per heavy atom. The van der Waals surface area contributed by atoms with Crippen LogP contribution in [0, 0.1) is 13.8 Å². The Bertz CT molecular complexity index is 621. The highest BCUT2D eigenvalue weighted by Gasteiger charge is 2.31. The monoisotopic (exact) mass is 286 g/mol. The molecule has 2 aromatic rings. The lowest BCUT2D eigenvalue weighted by Crippen LogP contribution is -2.30. The smallest absolute Gasteiger partial charge is 0.273 e. The van der Waals surface area contributed by atoms with Gasteiger partial charge in [0.25, 0.3) is 5.91 Å². The van der Waals surface area contributed by atoms with Crippen LogP contribution in [0.5, 0.6) is 0 Å². The maximum Gasteiger partial charge on any atom is 0.273 e. The Hall–Kier alpha value is -1.68. The van der Waals surface area contributed by atoms with Crippen LogP contribution in [0.4, 0.5) is 0 Å². The van der Waals surface area contributed by atoms with Gasteiger partial charge in [0.05, 0.1) is 11.6 Å². The highest BCUT2D eigenvalue weighted by Crippen LogP contribution is 2.33. The SMILES string of the molecule is Cc1ccc(C2CCCN2C(=O)c2cscn2)cc1C. The number of amides is 1. The number of aryl methyl sites for hydroxylation is 2. The van der Waals surface area contributed by atoms with Gasteiger partial charge in [0.2, 0.25) is 0 Å². The summed E-state index contributed by atoms with van der Waals surface area (Å²) in [6.07, 6.45) is 2.10. The third kappa shape index (κ3) is 2.36. The summed E-state index contributed by atoms with van der Waals surface area (Å²) in [5.74, 6) is 0.0620. The van der Waals surface area contributed by atoms with Crippen LogP contribution in [0.2, 0.25) is 0 Å². The molecule has 0 aliphatic carbocycles. The third-order valence-electron chi connectivity index (χ3n) is 4.08. The number of likely N-dealkylation sites (tertiary alicyclic amines) is 1. The van der Waals surface area contributed by atoms with Crippen molar-refractivity contribution >= 4 is 17.2 Å². The van der Waals surface area contributed by atoms with Gasteiger partial charge in [-0.05, 0) is 43.4 Å². The van der Waals surface area contributed by atoms with E-state index in [1.54, 1.807) is 5.51 Å². The number of aromatic nitrogens is 1. The van der Waals surface area contributed by atoms with E-state index in [4.69, 9.17) is 0 Å². The fourth-order valence-electron chi connectivity index (χ4n) is 2.79. The summed E-state index contributed by atoms with van der Waals surface area (Å²) in [6, 6.07) is 6.71. The zero-order valence-corrected chi connectivity index (χ0v) is 12.6. The van der Waals surface area contributed by atoms with E-state index in [2.05, 4.69) is 37.0 Å². The van der Waals surface area contributed by atoms with Crippen molar-refractivity contribution in [1.29, 1.82) is 0 Å². The number of nitrogens with zero attached hydrogens (tertiary/aromatic N) is 2. The molecule has 1 aliphatic heterocycles. The Balaban J connectivity index is 1.88. The molecule has 1 atom stereocenters. The van der Waals surface area contributed by atoms with Crippen LogP contribution >= 0.6 is 11.3 Å². The summed E-state index contributed by atoms with van der Waals surface area (Å²) in [4.78, 5) is 18.6. The van der Waals surface area contributed by atoms with E-state index in [0.717, 1.165) is 19.4 Å². The van der Waals surface area contributed by atoms with Gasteiger partial charge in [0.1, 0.15) is 5.69 Å². The molecule has 1 unspecified atom stereocenters. The molecule has 1 amide bonds. The molecular weight excluding hydrogens is 268 g/mol. The van der Waals surface area contributed by atoms with Crippen LogP contribution in [-0.4, -0.2) is 22.3 Å². The number of benzene rings is 1. The van der Waals surface area contributed by atoms with Gasteiger partial charge >= 0.3 is 0 Å². The number of thiazole rings is 1. The zero-order chi connectivity index (χ0) is 14.1. The van der Waals surface area contributed by atoms with Crippen molar-refractivity contribution in [3.8, 4) is 0 Å². The summed E-state index contributed by atoms with van der Waals surface area (Å²) in [7, 11) is 0. The average molecular weight is 286 g/mol. The topological polar surface area (TPSA) is 33.2 Å². The van der Waals surface area contributed by atoms with Crippen LogP contribution in [0.15, 0.2) is 29.1 Å². The normalized spacial score (nSPS) is 18.5. The van der Waals surface area contributed by atoms with Crippen molar-refractivity contribution in [2.45, 2.75) is 32.7 Å². The first-order valence-electron chi connectivity index (χ1n) is 6.93. The lowest BCUT2D eigenvalue weighted by Gasteiger charge is -2.25. The van der Waals surface area contributed by atoms with E-state index >= 15 is 0 Å². The number of carbonyl (C=O) groups is 1. The summed E-state index contributed by atoms with van der Waals surface area (Å²) < 4.78 is 0. The van der Waals surface area contributed by atoms with E-state index in [1.807, 2.05) is 10.3 Å². The Morgan fingerprint density at radius 3 is 2.90 bits per heavy atom. The second-order valence-corrected chi connectivity index (χ2v) is 6.09. The number of carbonyl (C=O) groups excluding carboxylic acids is 1. The predicted octanol–water partition coefficient (Wildman–Crippen LogP) is 3.74. The molecule has 1 aliphatic rings. The van der Waals surface area contributed by atoms with Crippen molar-refractivity contribution in [3.05, 3.63) is 51.5 Å². The second kappa shape index (κ2) is 5.37. The van der Waals surface area contributed by atoms with E-state index in [9.17, 15) is 4.79 Å². The molecule has 0 spiro atoms. The molecule has 0 saturated carbocycles. The maximum absolute atomic E-state index is 12.5. The van der Waals surface area contributed by atoms with E-state index < -0.39 is 0 Å².